The monoisotopic (exact) mass is 296 g/mol. The Kier molecular flexibility index (Phi) is 7.42. The molecule has 0 radical (unpaired) electrons. The fourth-order valence-electron chi connectivity index (χ4n) is 1.64. The van der Waals surface area contributed by atoms with Crippen LogP contribution in [-0.4, -0.2) is 38.7 Å². The molecule has 2 rings (SSSR count). The summed E-state index contributed by atoms with van der Waals surface area (Å²) in [6, 6.07) is 3.34. The van der Waals surface area contributed by atoms with Crippen LogP contribution < -0.4 is 25.3 Å². The van der Waals surface area contributed by atoms with Crippen LogP contribution in [0.15, 0.2) is 24.8 Å². The Bertz CT molecular complexity index is 452. The van der Waals surface area contributed by atoms with Gasteiger partial charge in [0.2, 0.25) is 6.79 Å². The number of hydrogen-bond donors (Lipinski definition) is 3. The number of anilines is 1. The fraction of sp³-hybridized carbons (Fsp3) is 0.467. The highest BCUT2D eigenvalue weighted by atomic mass is 16.7. The molecular weight excluding hydrogens is 272 g/mol. The summed E-state index contributed by atoms with van der Waals surface area (Å²) >= 11 is 0. The lowest BCUT2D eigenvalue weighted by Crippen LogP contribution is -2.17. The molecule has 118 valence electrons. The van der Waals surface area contributed by atoms with E-state index in [9.17, 15) is 5.11 Å². The van der Waals surface area contributed by atoms with Crippen molar-refractivity contribution < 1.29 is 19.3 Å². The van der Waals surface area contributed by atoms with Gasteiger partial charge in [0.1, 0.15) is 12.4 Å². The van der Waals surface area contributed by atoms with Crippen molar-refractivity contribution in [1.82, 2.24) is 5.32 Å². The third-order valence-corrected chi connectivity index (χ3v) is 2.64. The smallest absolute Gasteiger partial charge is 0.231 e. The van der Waals surface area contributed by atoms with Crippen LogP contribution in [0.4, 0.5) is 5.69 Å². The lowest BCUT2D eigenvalue weighted by atomic mass is 10.2. The van der Waals surface area contributed by atoms with Crippen molar-refractivity contribution in [2.75, 3.05) is 33.2 Å². The van der Waals surface area contributed by atoms with Crippen LogP contribution in [0.1, 0.15) is 12.8 Å². The standard InChI is InChI=1S/C13H17NO4.C2H7N/c1-2-3-4-9(15)7-16-11-6-13-12(5-10(11)14)17-8-18-13;1-3-2/h2,5-6,9,15H,1,3-4,7-8,14H2;3H,1-2H3. The van der Waals surface area contributed by atoms with E-state index in [2.05, 4.69) is 11.9 Å². The first-order chi connectivity index (χ1) is 10.1. The summed E-state index contributed by atoms with van der Waals surface area (Å²) in [4.78, 5) is 0. The average molecular weight is 296 g/mol. The first kappa shape index (κ1) is 17.1. The topological polar surface area (TPSA) is 86.0 Å². The fourth-order valence-corrected chi connectivity index (χ4v) is 1.64. The first-order valence-electron chi connectivity index (χ1n) is 6.81. The molecule has 6 nitrogen and oxygen atoms in total. The van der Waals surface area contributed by atoms with Crippen LogP contribution >= 0.6 is 0 Å². The Balaban J connectivity index is 0.000000677. The minimum Gasteiger partial charge on any atom is -0.489 e. The number of aliphatic hydroxyl groups excluding tert-OH is 1. The van der Waals surface area contributed by atoms with Crippen molar-refractivity contribution >= 4 is 5.69 Å². The Morgan fingerprint density at radius 2 is 2.05 bits per heavy atom. The van der Waals surface area contributed by atoms with E-state index in [0.29, 0.717) is 29.4 Å². The quantitative estimate of drug-likeness (QED) is 0.545. The zero-order valence-corrected chi connectivity index (χ0v) is 12.6. The maximum atomic E-state index is 9.66. The number of allylic oxidation sites excluding steroid dienone is 1. The van der Waals surface area contributed by atoms with E-state index in [4.69, 9.17) is 19.9 Å². The second-order valence-electron chi connectivity index (χ2n) is 4.57. The van der Waals surface area contributed by atoms with Gasteiger partial charge in [0.05, 0.1) is 11.8 Å². The zero-order chi connectivity index (χ0) is 15.7. The van der Waals surface area contributed by atoms with Crippen LogP contribution in [0.5, 0.6) is 17.2 Å². The minimum absolute atomic E-state index is 0.192. The van der Waals surface area contributed by atoms with Crippen molar-refractivity contribution in [3.05, 3.63) is 24.8 Å². The molecule has 1 unspecified atom stereocenters. The van der Waals surface area contributed by atoms with Gasteiger partial charge < -0.3 is 30.4 Å². The largest absolute Gasteiger partial charge is 0.489 e. The number of nitrogens with two attached hydrogens (primary N) is 1. The highest BCUT2D eigenvalue weighted by molar-refractivity contribution is 5.62. The van der Waals surface area contributed by atoms with Crippen LogP contribution in [0.3, 0.4) is 0 Å². The van der Waals surface area contributed by atoms with Gasteiger partial charge in [0.25, 0.3) is 0 Å². The summed E-state index contributed by atoms with van der Waals surface area (Å²) < 4.78 is 15.9. The molecule has 0 saturated heterocycles. The lowest BCUT2D eigenvalue weighted by molar-refractivity contribution is 0.101. The van der Waals surface area contributed by atoms with Crippen molar-refractivity contribution in [2.24, 2.45) is 0 Å². The zero-order valence-electron chi connectivity index (χ0n) is 12.6. The molecule has 4 N–H and O–H groups in total. The number of nitrogens with one attached hydrogen (secondary N) is 1. The second-order valence-corrected chi connectivity index (χ2v) is 4.57. The Morgan fingerprint density at radius 3 is 2.67 bits per heavy atom. The first-order valence-corrected chi connectivity index (χ1v) is 6.81. The molecule has 0 amide bonds. The molecule has 6 heteroatoms. The summed E-state index contributed by atoms with van der Waals surface area (Å²) in [5.74, 6) is 1.73. The number of nitrogen functional groups attached to an aromatic ring is 1. The van der Waals surface area contributed by atoms with E-state index in [1.807, 2.05) is 14.1 Å². The molecular formula is C15H24N2O4. The molecule has 0 bridgehead atoms. The second kappa shape index (κ2) is 9.10. The van der Waals surface area contributed by atoms with Crippen LogP contribution in [0, 0.1) is 0 Å². The van der Waals surface area contributed by atoms with E-state index in [1.165, 1.54) is 0 Å². The Morgan fingerprint density at radius 1 is 1.43 bits per heavy atom. The summed E-state index contributed by atoms with van der Waals surface area (Å²) in [6.07, 6.45) is 2.60. The molecule has 0 fully saturated rings. The van der Waals surface area contributed by atoms with Crippen molar-refractivity contribution in [1.29, 1.82) is 0 Å². The molecule has 1 aliphatic rings. The van der Waals surface area contributed by atoms with Crippen LogP contribution in [0.2, 0.25) is 0 Å². The normalized spacial score (nSPS) is 13.1. The summed E-state index contributed by atoms with van der Waals surface area (Å²) in [6.45, 7) is 3.99. The minimum atomic E-state index is -0.534. The summed E-state index contributed by atoms with van der Waals surface area (Å²) in [5, 5.41) is 12.4. The summed E-state index contributed by atoms with van der Waals surface area (Å²) in [5.41, 5.74) is 6.29. The molecule has 1 aromatic rings. The van der Waals surface area contributed by atoms with Gasteiger partial charge in [-0.3, -0.25) is 0 Å². The van der Waals surface area contributed by atoms with Gasteiger partial charge in [-0.2, -0.15) is 0 Å². The van der Waals surface area contributed by atoms with Gasteiger partial charge in [0.15, 0.2) is 11.5 Å². The predicted octanol–water partition coefficient (Wildman–Crippen LogP) is 1.54. The van der Waals surface area contributed by atoms with Crippen LogP contribution in [-0.2, 0) is 0 Å². The highest BCUT2D eigenvalue weighted by Crippen LogP contribution is 2.39. The summed E-state index contributed by atoms with van der Waals surface area (Å²) in [7, 11) is 3.75. The van der Waals surface area contributed by atoms with Crippen LogP contribution in [0.25, 0.3) is 0 Å². The predicted molar refractivity (Wildman–Crippen MR) is 82.9 cm³/mol. The number of ether oxygens (including phenoxy) is 3. The maximum Gasteiger partial charge on any atom is 0.231 e. The molecule has 0 saturated carbocycles. The lowest BCUT2D eigenvalue weighted by Gasteiger charge is -2.13. The van der Waals surface area contributed by atoms with E-state index < -0.39 is 6.10 Å². The van der Waals surface area contributed by atoms with Gasteiger partial charge in [-0.1, -0.05) is 6.08 Å². The van der Waals surface area contributed by atoms with E-state index in [0.717, 1.165) is 6.42 Å². The van der Waals surface area contributed by atoms with Gasteiger partial charge in [-0.25, -0.2) is 0 Å². The van der Waals surface area contributed by atoms with Crippen molar-refractivity contribution in [3.8, 4) is 17.2 Å². The van der Waals surface area contributed by atoms with E-state index >= 15 is 0 Å². The molecule has 21 heavy (non-hydrogen) atoms. The van der Waals surface area contributed by atoms with Crippen molar-refractivity contribution in [3.63, 3.8) is 0 Å². The molecule has 1 aliphatic heterocycles. The molecule has 1 aromatic carbocycles. The number of aliphatic hydroxyl groups is 1. The van der Waals surface area contributed by atoms with Gasteiger partial charge in [0, 0.05) is 12.1 Å². The highest BCUT2D eigenvalue weighted by Gasteiger charge is 2.17. The molecule has 1 atom stereocenters. The van der Waals surface area contributed by atoms with E-state index in [-0.39, 0.29) is 13.4 Å². The number of rotatable bonds is 6. The molecule has 1 heterocycles. The molecule has 0 aliphatic carbocycles. The number of benzene rings is 1. The van der Waals surface area contributed by atoms with E-state index in [1.54, 1.807) is 18.2 Å². The number of fused-ring (bicyclic) bond motifs is 1. The average Bonchev–Trinajstić information content (AvgIpc) is 2.90. The van der Waals surface area contributed by atoms with Gasteiger partial charge in [-0.15, -0.1) is 6.58 Å². The van der Waals surface area contributed by atoms with Gasteiger partial charge in [-0.05, 0) is 26.9 Å². The molecule has 0 spiro atoms. The Hall–Kier alpha value is -1.92. The Labute approximate surface area is 125 Å². The maximum absolute atomic E-state index is 9.66. The van der Waals surface area contributed by atoms with Gasteiger partial charge >= 0.3 is 0 Å². The third-order valence-electron chi connectivity index (χ3n) is 2.64. The molecule has 0 aromatic heterocycles. The SMILES string of the molecule is C=CCCC(O)COc1cc2c(cc1N)OCO2.CNC. The third kappa shape index (κ3) is 5.53. The van der Waals surface area contributed by atoms with Crippen molar-refractivity contribution in [2.45, 2.75) is 18.9 Å². The number of hydrogen-bond acceptors (Lipinski definition) is 6.